The van der Waals surface area contributed by atoms with E-state index in [0.29, 0.717) is 0 Å². The molecule has 0 aromatic heterocycles. The van der Waals surface area contributed by atoms with Crippen LogP contribution in [0.5, 0.6) is 0 Å². The molecule has 45 heavy (non-hydrogen) atoms. The first-order valence-electron chi connectivity index (χ1n) is 14.8. The van der Waals surface area contributed by atoms with Crippen LogP contribution in [0, 0.1) is 6.92 Å². The molecule has 3 heteroatoms. The third-order valence-corrected chi connectivity index (χ3v) is 10.6. The maximum absolute atomic E-state index is 4.39. The summed E-state index contributed by atoms with van der Waals surface area (Å²) in [6.07, 6.45) is 2.18. The molecule has 0 heterocycles. The molecule has 0 aliphatic carbocycles. The van der Waals surface area contributed by atoms with Gasteiger partial charge in [-0.1, -0.05) is 150 Å². The van der Waals surface area contributed by atoms with E-state index in [-0.39, 0.29) is 0 Å². The van der Waals surface area contributed by atoms with Gasteiger partial charge < -0.3 is 0 Å². The highest BCUT2D eigenvalue weighted by atomic mass is 79.9. The molecule has 0 saturated carbocycles. The predicted octanol–water partition coefficient (Wildman–Crippen LogP) is 14.1. The minimum absolute atomic E-state index is 0.979. The van der Waals surface area contributed by atoms with Crippen molar-refractivity contribution in [2.75, 3.05) is 0 Å². The normalized spacial score (nSPS) is 11.4. The molecule has 0 saturated heterocycles. The number of allylic oxidation sites excluding steroid dienone is 3. The van der Waals surface area contributed by atoms with E-state index in [1.165, 1.54) is 22.3 Å². The Kier molecular flexibility index (Phi) is 9.51. The molecule has 0 nitrogen and oxygen atoms in total. The maximum Gasteiger partial charge on any atom is 0.0338 e. The van der Waals surface area contributed by atoms with Gasteiger partial charge in [0.25, 0.3) is 0 Å². The van der Waals surface area contributed by atoms with Crippen molar-refractivity contribution in [1.29, 1.82) is 0 Å². The Hall–Kier alpha value is -3.76. The lowest BCUT2D eigenvalue weighted by atomic mass is 9.85. The molecule has 6 rings (SSSR count). The van der Waals surface area contributed by atoms with Crippen molar-refractivity contribution in [3.8, 4) is 44.5 Å². The molecular weight excluding hydrogens is 744 g/mol. The van der Waals surface area contributed by atoms with Crippen LogP contribution in [0.4, 0.5) is 0 Å². The van der Waals surface area contributed by atoms with Crippen LogP contribution in [-0.2, 0) is 0 Å². The summed E-state index contributed by atoms with van der Waals surface area (Å²) in [4.78, 5) is 0. The molecule has 0 atom stereocenters. The third kappa shape index (κ3) is 6.35. The van der Waals surface area contributed by atoms with Gasteiger partial charge >= 0.3 is 0 Å². The number of hydrogen-bond acceptors (Lipinski definition) is 0. The fourth-order valence-corrected chi connectivity index (χ4v) is 8.14. The van der Waals surface area contributed by atoms with Crippen LogP contribution in [0.1, 0.15) is 23.6 Å². The largest absolute Gasteiger partial charge is 0.0911 e. The topological polar surface area (TPSA) is 0 Å². The average molecular weight is 775 g/mol. The van der Waals surface area contributed by atoms with E-state index < -0.39 is 0 Å². The molecule has 0 N–H and O–H groups in total. The Bertz CT molecular complexity index is 2030. The van der Waals surface area contributed by atoms with E-state index in [4.69, 9.17) is 0 Å². The van der Waals surface area contributed by atoms with Gasteiger partial charge in [-0.05, 0) is 119 Å². The highest BCUT2D eigenvalue weighted by Crippen LogP contribution is 2.51. The van der Waals surface area contributed by atoms with E-state index in [1.54, 1.807) is 0 Å². The van der Waals surface area contributed by atoms with Crippen LogP contribution in [0.2, 0.25) is 0 Å². The van der Waals surface area contributed by atoms with Gasteiger partial charge in [-0.2, -0.15) is 0 Å². The van der Waals surface area contributed by atoms with Crippen molar-refractivity contribution in [3.05, 3.63) is 176 Å². The van der Waals surface area contributed by atoms with Crippen LogP contribution in [-0.4, -0.2) is 0 Å². The quantitative estimate of drug-likeness (QED) is 0.142. The first-order valence-corrected chi connectivity index (χ1v) is 17.2. The molecule has 6 aromatic carbocycles. The summed E-state index contributed by atoms with van der Waals surface area (Å²) in [5.74, 6) is 0. The third-order valence-electron chi connectivity index (χ3n) is 8.15. The number of benzene rings is 6. The number of hydrogen-bond donors (Lipinski definition) is 0. The first-order chi connectivity index (χ1) is 21.8. The Morgan fingerprint density at radius 3 is 1.56 bits per heavy atom. The summed E-state index contributed by atoms with van der Waals surface area (Å²) in [6, 6.07) is 46.8. The summed E-state index contributed by atoms with van der Waals surface area (Å²) < 4.78 is 3.15. The van der Waals surface area contributed by atoms with Crippen molar-refractivity contribution in [2.45, 2.75) is 13.8 Å². The highest BCUT2D eigenvalue weighted by molar-refractivity contribution is 9.11. The second-order valence-corrected chi connectivity index (χ2v) is 13.5. The van der Waals surface area contributed by atoms with Crippen LogP contribution in [0.3, 0.4) is 0 Å². The molecule has 220 valence electrons. The molecule has 0 unspecified atom stereocenters. The molecule has 0 bridgehead atoms. The maximum atomic E-state index is 4.39. The van der Waals surface area contributed by atoms with E-state index >= 15 is 0 Å². The zero-order chi connectivity index (χ0) is 31.5. The molecule has 6 aromatic rings. The van der Waals surface area contributed by atoms with Gasteiger partial charge in [0, 0.05) is 24.5 Å². The molecule has 0 spiro atoms. The summed E-state index contributed by atoms with van der Waals surface area (Å²) in [6.45, 7) is 8.75. The summed E-state index contributed by atoms with van der Waals surface area (Å²) in [7, 11) is 0. The Balaban J connectivity index is 1.63. The highest BCUT2D eigenvalue weighted by Gasteiger charge is 2.25. The summed E-state index contributed by atoms with van der Waals surface area (Å²) >= 11 is 12.3. The zero-order valence-corrected chi connectivity index (χ0v) is 29.9. The Labute approximate surface area is 291 Å². The molecule has 0 amide bonds. The van der Waals surface area contributed by atoms with Crippen molar-refractivity contribution in [1.82, 2.24) is 0 Å². The summed E-state index contributed by atoms with van der Waals surface area (Å²) in [5.41, 5.74) is 14.8. The van der Waals surface area contributed by atoms with E-state index in [0.717, 1.165) is 63.5 Å². The van der Waals surface area contributed by atoms with E-state index in [2.05, 4.69) is 190 Å². The van der Waals surface area contributed by atoms with Crippen molar-refractivity contribution in [3.63, 3.8) is 0 Å². The minimum Gasteiger partial charge on any atom is -0.0911 e. The molecule has 0 aliphatic heterocycles. The van der Waals surface area contributed by atoms with Crippen LogP contribution >= 0.6 is 47.8 Å². The van der Waals surface area contributed by atoms with E-state index in [9.17, 15) is 0 Å². The molecule has 0 aliphatic rings. The smallest absolute Gasteiger partial charge is 0.0338 e. The predicted molar refractivity (Wildman–Crippen MR) is 205 cm³/mol. The van der Waals surface area contributed by atoms with Gasteiger partial charge in [0.1, 0.15) is 0 Å². The SMILES string of the molecule is C=C(/C=C(\C)c1c(C)c(Br)c(-c2cc(-c3ccccc3)c(-c3ccccc3)cc2Br)c(-c2ccccc2)c1Br)c1ccccc1. The molecule has 0 fully saturated rings. The zero-order valence-electron chi connectivity index (χ0n) is 25.1. The average Bonchev–Trinajstić information content (AvgIpc) is 3.08. The van der Waals surface area contributed by atoms with Crippen LogP contribution in [0.15, 0.2) is 160 Å². The van der Waals surface area contributed by atoms with Gasteiger partial charge in [0.05, 0.1) is 0 Å². The Morgan fingerprint density at radius 2 is 1.02 bits per heavy atom. The lowest BCUT2D eigenvalue weighted by molar-refractivity contribution is 1.35. The Morgan fingerprint density at radius 1 is 0.556 bits per heavy atom. The van der Waals surface area contributed by atoms with Crippen molar-refractivity contribution >= 4 is 58.9 Å². The molecule has 0 radical (unpaired) electrons. The number of rotatable bonds is 7. The van der Waals surface area contributed by atoms with Crippen LogP contribution < -0.4 is 0 Å². The van der Waals surface area contributed by atoms with Gasteiger partial charge in [-0.3, -0.25) is 0 Å². The lowest BCUT2D eigenvalue weighted by Crippen LogP contribution is -2.00. The lowest BCUT2D eigenvalue weighted by Gasteiger charge is -2.24. The monoisotopic (exact) mass is 772 g/mol. The van der Waals surface area contributed by atoms with Crippen molar-refractivity contribution < 1.29 is 0 Å². The fourth-order valence-electron chi connectivity index (χ4n) is 5.95. The second-order valence-electron chi connectivity index (χ2n) is 11.1. The van der Waals surface area contributed by atoms with Gasteiger partial charge in [0.15, 0.2) is 0 Å². The fraction of sp³-hybridized carbons (Fsp3) is 0.0476. The van der Waals surface area contributed by atoms with E-state index in [1.807, 2.05) is 18.2 Å². The molecular formula is C42H31Br3. The van der Waals surface area contributed by atoms with Gasteiger partial charge in [-0.25, -0.2) is 0 Å². The summed E-state index contributed by atoms with van der Waals surface area (Å²) in [5, 5.41) is 0. The van der Waals surface area contributed by atoms with Gasteiger partial charge in [-0.15, -0.1) is 0 Å². The minimum atomic E-state index is 0.979. The van der Waals surface area contributed by atoms with Crippen molar-refractivity contribution in [2.24, 2.45) is 0 Å². The second kappa shape index (κ2) is 13.7. The van der Waals surface area contributed by atoms with Gasteiger partial charge in [0.2, 0.25) is 0 Å². The number of halogens is 3. The standard InChI is InChI=1S/C42H31Br3/c1-27(30-16-8-4-9-17-30)24-28(2)38-29(3)41(44)40(39(42(38)45)33-22-14-7-15-23-33)36-25-34(31-18-10-5-11-19-31)35(26-37(36)43)32-20-12-6-13-21-32/h4-26H,1H2,2-3H3/b28-24+. The van der Waals surface area contributed by atoms with Crippen LogP contribution in [0.25, 0.3) is 55.7 Å². The first kappa shape index (κ1) is 31.2.